The molecule has 0 aliphatic heterocycles. The van der Waals surface area contributed by atoms with Gasteiger partial charge < -0.3 is 5.11 Å². The summed E-state index contributed by atoms with van der Waals surface area (Å²) in [5, 5.41) is 14.3. The van der Waals surface area contributed by atoms with Crippen LogP contribution in [-0.4, -0.2) is 39.0 Å². The molecule has 1 aromatic heterocycles. The quantitative estimate of drug-likeness (QED) is 0.680. The number of carboxylic acid groups (broad SMARTS) is 1. The molecule has 1 fully saturated rings. The number of carbonyl (C=O) groups is 2. The van der Waals surface area contributed by atoms with Crippen LogP contribution in [0.2, 0.25) is 0 Å². The van der Waals surface area contributed by atoms with Crippen LogP contribution in [0.5, 0.6) is 0 Å². The molecule has 96 valence electrons. The minimum absolute atomic E-state index is 0.0649. The molecule has 1 heterocycles. The highest BCUT2D eigenvalue weighted by Crippen LogP contribution is 2.31. The van der Waals surface area contributed by atoms with Crippen molar-refractivity contribution in [2.75, 3.05) is 11.9 Å². The average molecular weight is 250 g/mol. The van der Waals surface area contributed by atoms with Gasteiger partial charge in [0.1, 0.15) is 5.54 Å². The van der Waals surface area contributed by atoms with Crippen molar-refractivity contribution < 1.29 is 14.7 Å². The molecule has 1 aromatic rings. The fourth-order valence-corrected chi connectivity index (χ4v) is 1.78. The Morgan fingerprint density at radius 2 is 2.00 bits per heavy atom. The first-order chi connectivity index (χ1) is 8.62. The molecule has 0 saturated heterocycles. The van der Waals surface area contributed by atoms with Crippen LogP contribution < -0.4 is 10.6 Å². The first kappa shape index (κ1) is 12.4. The van der Waals surface area contributed by atoms with Gasteiger partial charge in [0.2, 0.25) is 11.9 Å². The SMILES string of the molecule is O=C(CNC1(C(=O)O)CCC1)Nc1ncccn1. The first-order valence-corrected chi connectivity index (χ1v) is 5.68. The van der Waals surface area contributed by atoms with Gasteiger partial charge in [0, 0.05) is 12.4 Å². The number of nitrogens with one attached hydrogen (secondary N) is 2. The lowest BCUT2D eigenvalue weighted by Crippen LogP contribution is -2.58. The molecule has 0 atom stereocenters. The maximum atomic E-state index is 11.6. The Balaban J connectivity index is 1.83. The Morgan fingerprint density at radius 1 is 1.33 bits per heavy atom. The summed E-state index contributed by atoms with van der Waals surface area (Å²) < 4.78 is 0. The second-order valence-electron chi connectivity index (χ2n) is 4.21. The highest BCUT2D eigenvalue weighted by molar-refractivity contribution is 5.91. The third-order valence-corrected chi connectivity index (χ3v) is 3.02. The molecule has 1 amide bonds. The molecule has 7 heteroatoms. The zero-order valence-corrected chi connectivity index (χ0v) is 9.72. The van der Waals surface area contributed by atoms with Gasteiger partial charge in [0.25, 0.3) is 0 Å². The Hall–Kier alpha value is -2.02. The number of hydrogen-bond donors (Lipinski definition) is 3. The van der Waals surface area contributed by atoms with E-state index in [4.69, 9.17) is 5.11 Å². The van der Waals surface area contributed by atoms with Crippen LogP contribution in [0.3, 0.4) is 0 Å². The topological polar surface area (TPSA) is 104 Å². The zero-order valence-electron chi connectivity index (χ0n) is 9.72. The minimum Gasteiger partial charge on any atom is -0.480 e. The van der Waals surface area contributed by atoms with Gasteiger partial charge in [-0.3, -0.25) is 20.2 Å². The molecular formula is C11H14N4O3. The summed E-state index contributed by atoms with van der Waals surface area (Å²) in [5.41, 5.74) is -0.936. The fourth-order valence-electron chi connectivity index (χ4n) is 1.78. The summed E-state index contributed by atoms with van der Waals surface area (Å²) >= 11 is 0. The molecular weight excluding hydrogens is 236 g/mol. The lowest BCUT2D eigenvalue weighted by Gasteiger charge is -2.38. The van der Waals surface area contributed by atoms with Crippen molar-refractivity contribution in [2.45, 2.75) is 24.8 Å². The van der Waals surface area contributed by atoms with Crippen molar-refractivity contribution in [2.24, 2.45) is 0 Å². The highest BCUT2D eigenvalue weighted by atomic mass is 16.4. The molecule has 7 nitrogen and oxygen atoms in total. The van der Waals surface area contributed by atoms with Crippen LogP contribution in [0.25, 0.3) is 0 Å². The van der Waals surface area contributed by atoms with Gasteiger partial charge in [0.05, 0.1) is 6.54 Å². The van der Waals surface area contributed by atoms with E-state index in [2.05, 4.69) is 20.6 Å². The van der Waals surface area contributed by atoms with Crippen LogP contribution in [0.15, 0.2) is 18.5 Å². The summed E-state index contributed by atoms with van der Waals surface area (Å²) in [4.78, 5) is 30.3. The van der Waals surface area contributed by atoms with Crippen LogP contribution in [0.1, 0.15) is 19.3 Å². The average Bonchev–Trinajstić information content (AvgIpc) is 2.28. The summed E-state index contributed by atoms with van der Waals surface area (Å²) in [6.07, 6.45) is 5.00. The number of rotatable bonds is 5. The molecule has 1 aliphatic rings. The molecule has 0 radical (unpaired) electrons. The Kier molecular flexibility index (Phi) is 3.52. The first-order valence-electron chi connectivity index (χ1n) is 5.68. The van der Waals surface area contributed by atoms with Crippen molar-refractivity contribution in [1.29, 1.82) is 0 Å². The molecule has 2 rings (SSSR count). The maximum Gasteiger partial charge on any atom is 0.323 e. The summed E-state index contributed by atoms with van der Waals surface area (Å²) in [5.74, 6) is -1.05. The van der Waals surface area contributed by atoms with Crippen LogP contribution in [-0.2, 0) is 9.59 Å². The van der Waals surface area contributed by atoms with E-state index in [0.717, 1.165) is 6.42 Å². The number of hydrogen-bond acceptors (Lipinski definition) is 5. The molecule has 3 N–H and O–H groups in total. The van der Waals surface area contributed by atoms with Crippen molar-refractivity contribution in [3.63, 3.8) is 0 Å². The van der Waals surface area contributed by atoms with Crippen LogP contribution >= 0.6 is 0 Å². The number of aromatic nitrogens is 2. The predicted molar refractivity (Wildman–Crippen MR) is 62.9 cm³/mol. The molecule has 0 spiro atoms. The van der Waals surface area contributed by atoms with E-state index in [1.807, 2.05) is 0 Å². The third kappa shape index (κ3) is 2.62. The van der Waals surface area contributed by atoms with Gasteiger partial charge in [-0.2, -0.15) is 0 Å². The van der Waals surface area contributed by atoms with Crippen molar-refractivity contribution in [3.05, 3.63) is 18.5 Å². The summed E-state index contributed by atoms with van der Waals surface area (Å²) in [6.45, 7) is -0.0649. The number of amides is 1. The number of carbonyl (C=O) groups excluding carboxylic acids is 1. The number of anilines is 1. The molecule has 0 bridgehead atoms. The van der Waals surface area contributed by atoms with Crippen molar-refractivity contribution in [3.8, 4) is 0 Å². The smallest absolute Gasteiger partial charge is 0.323 e. The minimum atomic E-state index is -0.936. The van der Waals surface area contributed by atoms with Gasteiger partial charge in [-0.1, -0.05) is 0 Å². The standard InChI is InChI=1S/C11H14N4O3/c16-8(15-10-12-5-2-6-13-10)7-14-11(9(17)18)3-1-4-11/h2,5-6,14H,1,3-4,7H2,(H,17,18)(H,12,13,15,16). The largest absolute Gasteiger partial charge is 0.480 e. The van der Waals surface area contributed by atoms with Gasteiger partial charge in [-0.15, -0.1) is 0 Å². The van der Waals surface area contributed by atoms with E-state index in [-0.39, 0.29) is 18.4 Å². The van der Waals surface area contributed by atoms with Crippen LogP contribution in [0, 0.1) is 0 Å². The van der Waals surface area contributed by atoms with Crippen LogP contribution in [0.4, 0.5) is 5.95 Å². The van der Waals surface area contributed by atoms with E-state index < -0.39 is 11.5 Å². The molecule has 1 aliphatic carbocycles. The van der Waals surface area contributed by atoms with E-state index in [9.17, 15) is 9.59 Å². The van der Waals surface area contributed by atoms with E-state index in [1.165, 1.54) is 12.4 Å². The second-order valence-corrected chi connectivity index (χ2v) is 4.21. The molecule has 0 aromatic carbocycles. The van der Waals surface area contributed by atoms with Gasteiger partial charge >= 0.3 is 5.97 Å². The highest BCUT2D eigenvalue weighted by Gasteiger charge is 2.44. The van der Waals surface area contributed by atoms with Gasteiger partial charge in [0.15, 0.2) is 0 Å². The second kappa shape index (κ2) is 5.09. The summed E-state index contributed by atoms with van der Waals surface area (Å²) in [6, 6.07) is 1.64. The third-order valence-electron chi connectivity index (χ3n) is 3.02. The molecule has 18 heavy (non-hydrogen) atoms. The normalized spacial score (nSPS) is 16.7. The van der Waals surface area contributed by atoms with E-state index in [1.54, 1.807) is 6.07 Å². The fraction of sp³-hybridized carbons (Fsp3) is 0.455. The van der Waals surface area contributed by atoms with E-state index in [0.29, 0.717) is 12.8 Å². The van der Waals surface area contributed by atoms with Gasteiger partial charge in [-0.05, 0) is 25.3 Å². The van der Waals surface area contributed by atoms with Crippen molar-refractivity contribution in [1.82, 2.24) is 15.3 Å². The van der Waals surface area contributed by atoms with E-state index >= 15 is 0 Å². The molecule has 0 unspecified atom stereocenters. The predicted octanol–water partition coefficient (Wildman–Crippen LogP) is 0.0120. The zero-order chi connectivity index (χ0) is 13.0. The maximum absolute atomic E-state index is 11.6. The van der Waals surface area contributed by atoms with Crippen molar-refractivity contribution >= 4 is 17.8 Å². The monoisotopic (exact) mass is 250 g/mol. The van der Waals surface area contributed by atoms with Gasteiger partial charge in [-0.25, -0.2) is 9.97 Å². The Morgan fingerprint density at radius 3 is 2.50 bits per heavy atom. The summed E-state index contributed by atoms with van der Waals surface area (Å²) in [7, 11) is 0. The number of carboxylic acids is 1. The Labute approximate surface area is 104 Å². The lowest BCUT2D eigenvalue weighted by atomic mass is 9.77. The Bertz CT molecular complexity index is 445. The number of nitrogens with zero attached hydrogens (tertiary/aromatic N) is 2. The molecule has 1 saturated carbocycles. The lowest BCUT2D eigenvalue weighted by molar-refractivity contribution is -0.148. The number of aliphatic carboxylic acids is 1.